The van der Waals surface area contributed by atoms with Gasteiger partial charge in [0.15, 0.2) is 8.32 Å². The van der Waals surface area contributed by atoms with Gasteiger partial charge >= 0.3 is 0 Å². The van der Waals surface area contributed by atoms with Crippen molar-refractivity contribution in [3.8, 4) is 0 Å². The van der Waals surface area contributed by atoms with Gasteiger partial charge in [-0.3, -0.25) is 4.90 Å². The molecule has 1 unspecified atom stereocenters. The molecule has 1 aromatic carbocycles. The second-order valence-corrected chi connectivity index (χ2v) is 11.0. The smallest absolute Gasteiger partial charge is 0.184 e. The molecule has 0 spiro atoms. The molecule has 19 heavy (non-hydrogen) atoms. The Hall–Kier alpha value is -0.683. The van der Waals surface area contributed by atoms with Gasteiger partial charge in [0.25, 0.3) is 0 Å². The predicted molar refractivity (Wildman–Crippen MR) is 82.6 cm³/mol. The van der Waals surface area contributed by atoms with Crippen molar-refractivity contribution in [1.82, 2.24) is 4.90 Å². The van der Waals surface area contributed by atoms with E-state index in [-0.39, 0.29) is 5.60 Å². The average molecular weight is 278 g/mol. The Balaban J connectivity index is 1.98. The standard InChI is InChI=1S/C15H26N2OSi/c1-19(2,3)18-15(12-16)9-10-17(13-15)11-14-7-5-4-6-8-14/h4-8H,9-13,16H2,1-3H3. The summed E-state index contributed by atoms with van der Waals surface area (Å²) in [6.07, 6.45) is 1.06. The third-order valence-electron chi connectivity index (χ3n) is 3.54. The molecule has 1 aliphatic heterocycles. The van der Waals surface area contributed by atoms with Crippen LogP contribution in [0.2, 0.25) is 19.6 Å². The van der Waals surface area contributed by atoms with Crippen molar-refractivity contribution in [1.29, 1.82) is 0 Å². The van der Waals surface area contributed by atoms with Gasteiger partial charge < -0.3 is 10.2 Å². The quantitative estimate of drug-likeness (QED) is 0.841. The van der Waals surface area contributed by atoms with E-state index in [0.717, 1.165) is 26.1 Å². The first-order valence-corrected chi connectivity index (χ1v) is 10.5. The lowest BCUT2D eigenvalue weighted by Crippen LogP contribution is -2.49. The molecule has 0 radical (unpaired) electrons. The molecular weight excluding hydrogens is 252 g/mol. The summed E-state index contributed by atoms with van der Waals surface area (Å²) in [5.74, 6) is 0. The number of benzene rings is 1. The molecule has 1 atom stereocenters. The van der Waals surface area contributed by atoms with E-state index >= 15 is 0 Å². The van der Waals surface area contributed by atoms with Gasteiger partial charge in [0, 0.05) is 26.2 Å². The summed E-state index contributed by atoms with van der Waals surface area (Å²) in [5, 5.41) is 0. The highest BCUT2D eigenvalue weighted by Crippen LogP contribution is 2.29. The van der Waals surface area contributed by atoms with Gasteiger partial charge in [-0.1, -0.05) is 30.3 Å². The molecule has 0 aromatic heterocycles. The van der Waals surface area contributed by atoms with Crippen molar-refractivity contribution in [2.75, 3.05) is 19.6 Å². The van der Waals surface area contributed by atoms with Crippen LogP contribution in [0.5, 0.6) is 0 Å². The maximum atomic E-state index is 6.38. The second-order valence-electron chi connectivity index (χ2n) is 6.55. The van der Waals surface area contributed by atoms with Gasteiger partial charge in [-0.05, 0) is 31.6 Å². The highest BCUT2D eigenvalue weighted by Gasteiger charge is 2.40. The Bertz CT molecular complexity index is 404. The van der Waals surface area contributed by atoms with E-state index in [2.05, 4.69) is 54.9 Å². The molecule has 2 rings (SSSR count). The van der Waals surface area contributed by atoms with E-state index in [4.69, 9.17) is 10.2 Å². The maximum Gasteiger partial charge on any atom is 0.184 e. The van der Waals surface area contributed by atoms with Gasteiger partial charge in [0.05, 0.1) is 5.60 Å². The molecule has 1 fully saturated rings. The Morgan fingerprint density at radius 3 is 2.53 bits per heavy atom. The summed E-state index contributed by atoms with van der Waals surface area (Å²) < 4.78 is 6.38. The van der Waals surface area contributed by atoms with Crippen LogP contribution < -0.4 is 5.73 Å². The minimum Gasteiger partial charge on any atom is -0.409 e. The molecule has 106 valence electrons. The van der Waals surface area contributed by atoms with Crippen molar-refractivity contribution >= 4 is 8.32 Å². The first-order valence-electron chi connectivity index (χ1n) is 7.09. The molecule has 0 saturated carbocycles. The number of nitrogens with zero attached hydrogens (tertiary/aromatic N) is 1. The summed E-state index contributed by atoms with van der Waals surface area (Å²) in [4.78, 5) is 2.46. The summed E-state index contributed by atoms with van der Waals surface area (Å²) in [6.45, 7) is 10.4. The van der Waals surface area contributed by atoms with Crippen LogP contribution in [0, 0.1) is 0 Å². The molecular formula is C15H26N2OSi. The van der Waals surface area contributed by atoms with Crippen LogP contribution in [0.25, 0.3) is 0 Å². The van der Waals surface area contributed by atoms with Crippen LogP contribution in [0.15, 0.2) is 30.3 Å². The zero-order chi connectivity index (χ0) is 13.9. The Morgan fingerprint density at radius 2 is 1.95 bits per heavy atom. The molecule has 0 bridgehead atoms. The van der Waals surface area contributed by atoms with Gasteiger partial charge in [0.1, 0.15) is 0 Å². The van der Waals surface area contributed by atoms with E-state index in [1.165, 1.54) is 5.56 Å². The predicted octanol–water partition coefficient (Wildman–Crippen LogP) is 2.44. The van der Waals surface area contributed by atoms with E-state index in [9.17, 15) is 0 Å². The Labute approximate surface area is 117 Å². The van der Waals surface area contributed by atoms with Crippen LogP contribution in [0.3, 0.4) is 0 Å². The number of hydrogen-bond donors (Lipinski definition) is 1. The fourth-order valence-electron chi connectivity index (χ4n) is 2.85. The van der Waals surface area contributed by atoms with Crippen molar-refractivity contribution < 1.29 is 4.43 Å². The monoisotopic (exact) mass is 278 g/mol. The van der Waals surface area contributed by atoms with E-state index in [1.807, 2.05) is 0 Å². The zero-order valence-corrected chi connectivity index (χ0v) is 13.4. The maximum absolute atomic E-state index is 6.38. The molecule has 1 heterocycles. The fourth-order valence-corrected chi connectivity index (χ4v) is 4.39. The molecule has 0 amide bonds. The summed E-state index contributed by atoms with van der Waals surface area (Å²) in [6, 6.07) is 10.6. The van der Waals surface area contributed by atoms with Crippen LogP contribution in [0.1, 0.15) is 12.0 Å². The largest absolute Gasteiger partial charge is 0.409 e. The highest BCUT2D eigenvalue weighted by atomic mass is 28.4. The van der Waals surface area contributed by atoms with Gasteiger partial charge in [-0.15, -0.1) is 0 Å². The van der Waals surface area contributed by atoms with Crippen molar-refractivity contribution in [3.63, 3.8) is 0 Å². The number of likely N-dealkylation sites (tertiary alicyclic amines) is 1. The molecule has 4 heteroatoms. The lowest BCUT2D eigenvalue weighted by molar-refractivity contribution is 0.0765. The van der Waals surface area contributed by atoms with E-state index in [1.54, 1.807) is 0 Å². The third kappa shape index (κ3) is 4.14. The minimum atomic E-state index is -1.54. The van der Waals surface area contributed by atoms with E-state index in [0.29, 0.717) is 6.54 Å². The summed E-state index contributed by atoms with van der Waals surface area (Å²) in [7, 11) is -1.54. The third-order valence-corrected chi connectivity index (χ3v) is 4.58. The number of rotatable bonds is 5. The Morgan fingerprint density at radius 1 is 1.26 bits per heavy atom. The Kier molecular flexibility index (Phi) is 4.45. The molecule has 0 aliphatic carbocycles. The minimum absolute atomic E-state index is 0.112. The van der Waals surface area contributed by atoms with Crippen molar-refractivity contribution in [2.24, 2.45) is 5.73 Å². The molecule has 2 N–H and O–H groups in total. The van der Waals surface area contributed by atoms with E-state index < -0.39 is 8.32 Å². The molecule has 1 aliphatic rings. The van der Waals surface area contributed by atoms with Crippen molar-refractivity contribution in [2.45, 2.75) is 38.2 Å². The number of nitrogens with two attached hydrogens (primary N) is 1. The lowest BCUT2D eigenvalue weighted by Gasteiger charge is -2.35. The van der Waals surface area contributed by atoms with Gasteiger partial charge in [-0.25, -0.2) is 0 Å². The first kappa shape index (κ1) is 14.7. The second kappa shape index (κ2) is 5.75. The van der Waals surface area contributed by atoms with Gasteiger partial charge in [0.2, 0.25) is 0 Å². The first-order chi connectivity index (χ1) is 8.92. The van der Waals surface area contributed by atoms with Crippen LogP contribution in [-0.2, 0) is 11.0 Å². The topological polar surface area (TPSA) is 38.5 Å². The lowest BCUT2D eigenvalue weighted by atomic mass is 10.0. The fraction of sp³-hybridized carbons (Fsp3) is 0.600. The summed E-state index contributed by atoms with van der Waals surface area (Å²) in [5.41, 5.74) is 7.25. The molecule has 1 aromatic rings. The average Bonchev–Trinajstić information content (AvgIpc) is 2.72. The zero-order valence-electron chi connectivity index (χ0n) is 12.4. The molecule has 3 nitrogen and oxygen atoms in total. The van der Waals surface area contributed by atoms with Crippen LogP contribution in [0.4, 0.5) is 0 Å². The molecule has 1 saturated heterocycles. The van der Waals surface area contributed by atoms with Gasteiger partial charge in [-0.2, -0.15) is 0 Å². The number of hydrogen-bond acceptors (Lipinski definition) is 3. The van der Waals surface area contributed by atoms with Crippen LogP contribution >= 0.6 is 0 Å². The summed E-state index contributed by atoms with van der Waals surface area (Å²) >= 11 is 0. The highest BCUT2D eigenvalue weighted by molar-refractivity contribution is 6.69. The SMILES string of the molecule is C[Si](C)(C)OC1(CN)CCN(Cc2ccccc2)C1. The normalized spacial score (nSPS) is 24.8. The van der Waals surface area contributed by atoms with Crippen LogP contribution in [-0.4, -0.2) is 38.5 Å². The van der Waals surface area contributed by atoms with Crippen molar-refractivity contribution in [3.05, 3.63) is 35.9 Å².